The number of nitrogens with zero attached hydrogens (tertiary/aromatic N) is 4. The van der Waals surface area contributed by atoms with Crippen LogP contribution in [0, 0.1) is 17.2 Å². The third-order valence-corrected chi connectivity index (χ3v) is 5.35. The lowest BCUT2D eigenvalue weighted by Crippen LogP contribution is -2.36. The summed E-state index contributed by atoms with van der Waals surface area (Å²) < 4.78 is 0. The normalized spacial score (nSPS) is 22.4. The number of carbonyl (C=O) groups is 1. The first-order valence-electron chi connectivity index (χ1n) is 9.21. The Balaban J connectivity index is 1.40. The van der Waals surface area contributed by atoms with Crippen molar-refractivity contribution in [2.24, 2.45) is 5.92 Å². The highest BCUT2D eigenvalue weighted by Gasteiger charge is 2.45. The molecule has 0 bridgehead atoms. The van der Waals surface area contributed by atoms with Gasteiger partial charge in [0.25, 0.3) is 0 Å². The number of carbonyl (C=O) groups excluding carboxylic acids is 1. The monoisotopic (exact) mass is 346 g/mol. The lowest BCUT2D eigenvalue weighted by Gasteiger charge is -2.23. The van der Waals surface area contributed by atoms with Gasteiger partial charge in [-0.1, -0.05) is 30.3 Å². The molecule has 1 aliphatic heterocycles. The van der Waals surface area contributed by atoms with E-state index in [1.807, 2.05) is 23.1 Å². The Morgan fingerprint density at radius 2 is 1.92 bits per heavy atom. The Morgan fingerprint density at radius 3 is 2.73 bits per heavy atom. The Bertz CT molecular complexity index is 829. The van der Waals surface area contributed by atoms with E-state index in [0.717, 1.165) is 38.3 Å². The molecule has 1 saturated heterocycles. The summed E-state index contributed by atoms with van der Waals surface area (Å²) in [5, 5.41) is 9.30. The van der Waals surface area contributed by atoms with Gasteiger partial charge in [-0.3, -0.25) is 4.79 Å². The van der Waals surface area contributed by atoms with Crippen LogP contribution in [0.1, 0.15) is 29.9 Å². The molecule has 1 saturated carbocycles. The molecule has 2 atom stereocenters. The fourth-order valence-corrected chi connectivity index (χ4v) is 3.86. The van der Waals surface area contributed by atoms with Crippen molar-refractivity contribution in [3.63, 3.8) is 0 Å². The van der Waals surface area contributed by atoms with Gasteiger partial charge in [0.05, 0.1) is 5.56 Å². The molecule has 0 radical (unpaired) electrons. The highest BCUT2D eigenvalue weighted by molar-refractivity contribution is 5.83. The standard InChI is InChI=1S/C21H22N4O/c22-15-17-8-4-9-23-20(17)24-10-5-11-25(13-12-24)21(26)19-14-18(19)16-6-2-1-3-7-16/h1-4,6-9,18-19H,5,10-14H2/t18-,19-/m0/s1. The second-order valence-corrected chi connectivity index (χ2v) is 7.01. The van der Waals surface area contributed by atoms with Crippen LogP contribution < -0.4 is 4.90 Å². The third-order valence-electron chi connectivity index (χ3n) is 5.35. The van der Waals surface area contributed by atoms with Gasteiger partial charge in [-0.25, -0.2) is 4.98 Å². The van der Waals surface area contributed by atoms with Crippen molar-refractivity contribution >= 4 is 11.7 Å². The molecule has 26 heavy (non-hydrogen) atoms. The van der Waals surface area contributed by atoms with Crippen LogP contribution in [0.4, 0.5) is 5.82 Å². The molecule has 1 aromatic heterocycles. The van der Waals surface area contributed by atoms with Gasteiger partial charge in [0.2, 0.25) is 5.91 Å². The van der Waals surface area contributed by atoms with E-state index < -0.39 is 0 Å². The summed E-state index contributed by atoms with van der Waals surface area (Å²) in [5.74, 6) is 1.53. The summed E-state index contributed by atoms with van der Waals surface area (Å²) in [6.45, 7) is 3.02. The number of hydrogen-bond donors (Lipinski definition) is 0. The van der Waals surface area contributed by atoms with Crippen molar-refractivity contribution in [1.29, 1.82) is 5.26 Å². The van der Waals surface area contributed by atoms with Crippen LogP contribution in [0.3, 0.4) is 0 Å². The molecule has 1 aromatic carbocycles. The molecular weight excluding hydrogens is 324 g/mol. The summed E-state index contributed by atoms with van der Waals surface area (Å²) in [6, 6.07) is 16.1. The van der Waals surface area contributed by atoms with Crippen LogP contribution in [-0.4, -0.2) is 42.0 Å². The van der Waals surface area contributed by atoms with Crippen molar-refractivity contribution < 1.29 is 4.79 Å². The molecule has 2 aromatic rings. The zero-order valence-corrected chi connectivity index (χ0v) is 14.7. The first kappa shape index (κ1) is 16.6. The number of pyridine rings is 1. The van der Waals surface area contributed by atoms with Gasteiger partial charge >= 0.3 is 0 Å². The van der Waals surface area contributed by atoms with Gasteiger partial charge < -0.3 is 9.80 Å². The summed E-state index contributed by atoms with van der Waals surface area (Å²) in [4.78, 5) is 21.4. The maximum absolute atomic E-state index is 12.9. The molecule has 5 heteroatoms. The average molecular weight is 346 g/mol. The SMILES string of the molecule is N#Cc1cccnc1N1CCCN(C(=O)[C@H]2C[C@H]2c2ccccc2)CC1. The van der Waals surface area contributed by atoms with Crippen molar-refractivity contribution in [3.8, 4) is 6.07 Å². The summed E-state index contributed by atoms with van der Waals surface area (Å²) in [6.07, 6.45) is 3.58. The largest absolute Gasteiger partial charge is 0.354 e. The molecule has 2 aliphatic rings. The minimum atomic E-state index is 0.133. The van der Waals surface area contributed by atoms with E-state index in [0.29, 0.717) is 18.0 Å². The smallest absolute Gasteiger partial charge is 0.226 e. The van der Waals surface area contributed by atoms with Crippen molar-refractivity contribution in [2.75, 3.05) is 31.1 Å². The quantitative estimate of drug-likeness (QED) is 0.857. The van der Waals surface area contributed by atoms with Crippen LogP contribution in [0.5, 0.6) is 0 Å². The fraction of sp³-hybridized carbons (Fsp3) is 0.381. The van der Waals surface area contributed by atoms with Crippen LogP contribution in [0.2, 0.25) is 0 Å². The van der Waals surface area contributed by atoms with E-state index in [1.165, 1.54) is 5.56 Å². The maximum atomic E-state index is 12.9. The van der Waals surface area contributed by atoms with Crippen LogP contribution in [-0.2, 0) is 4.79 Å². The van der Waals surface area contributed by atoms with Gasteiger partial charge in [0, 0.05) is 38.3 Å². The first-order valence-corrected chi connectivity index (χ1v) is 9.21. The number of hydrogen-bond acceptors (Lipinski definition) is 4. The molecule has 4 rings (SSSR count). The zero-order valence-electron chi connectivity index (χ0n) is 14.7. The maximum Gasteiger partial charge on any atom is 0.226 e. The topological polar surface area (TPSA) is 60.2 Å². The zero-order chi connectivity index (χ0) is 17.9. The fourth-order valence-electron chi connectivity index (χ4n) is 3.86. The lowest BCUT2D eigenvalue weighted by atomic mass is 10.1. The summed E-state index contributed by atoms with van der Waals surface area (Å²) in [7, 11) is 0. The highest BCUT2D eigenvalue weighted by Crippen LogP contribution is 2.48. The number of anilines is 1. The van der Waals surface area contributed by atoms with Crippen molar-refractivity contribution in [1.82, 2.24) is 9.88 Å². The predicted octanol–water partition coefficient (Wildman–Crippen LogP) is 2.80. The molecule has 132 valence electrons. The molecule has 5 nitrogen and oxygen atoms in total. The predicted molar refractivity (Wildman–Crippen MR) is 99.7 cm³/mol. The molecule has 1 amide bonds. The second kappa shape index (κ2) is 7.17. The van der Waals surface area contributed by atoms with E-state index in [9.17, 15) is 10.1 Å². The number of amides is 1. The van der Waals surface area contributed by atoms with E-state index in [4.69, 9.17) is 0 Å². The van der Waals surface area contributed by atoms with Gasteiger partial charge in [0.15, 0.2) is 0 Å². The molecule has 0 unspecified atom stereocenters. The van der Waals surface area contributed by atoms with Crippen molar-refractivity contribution in [2.45, 2.75) is 18.8 Å². The number of rotatable bonds is 3. The van der Waals surface area contributed by atoms with Gasteiger partial charge in [-0.15, -0.1) is 0 Å². The Hall–Kier alpha value is -2.87. The number of nitriles is 1. The highest BCUT2D eigenvalue weighted by atomic mass is 16.2. The molecule has 0 N–H and O–H groups in total. The van der Waals surface area contributed by atoms with Crippen molar-refractivity contribution in [3.05, 3.63) is 59.8 Å². The Morgan fingerprint density at radius 1 is 1.08 bits per heavy atom. The average Bonchev–Trinajstić information content (AvgIpc) is 3.52. The first-order chi connectivity index (χ1) is 12.8. The Labute approximate surface area is 153 Å². The lowest BCUT2D eigenvalue weighted by molar-refractivity contribution is -0.132. The number of aromatic nitrogens is 1. The van der Waals surface area contributed by atoms with Crippen LogP contribution in [0.25, 0.3) is 0 Å². The van der Waals surface area contributed by atoms with Crippen LogP contribution in [0.15, 0.2) is 48.7 Å². The molecule has 2 fully saturated rings. The number of benzene rings is 1. The summed E-state index contributed by atoms with van der Waals surface area (Å²) >= 11 is 0. The van der Waals surface area contributed by atoms with E-state index in [2.05, 4.69) is 28.1 Å². The van der Waals surface area contributed by atoms with Gasteiger partial charge in [-0.2, -0.15) is 5.26 Å². The van der Waals surface area contributed by atoms with E-state index >= 15 is 0 Å². The van der Waals surface area contributed by atoms with Gasteiger partial charge in [-0.05, 0) is 36.5 Å². The van der Waals surface area contributed by atoms with Gasteiger partial charge in [0.1, 0.15) is 11.9 Å². The van der Waals surface area contributed by atoms with E-state index in [-0.39, 0.29) is 11.8 Å². The molecule has 0 spiro atoms. The van der Waals surface area contributed by atoms with Crippen LogP contribution >= 0.6 is 0 Å². The molecular formula is C21H22N4O. The summed E-state index contributed by atoms with van der Waals surface area (Å²) in [5.41, 5.74) is 1.87. The van der Waals surface area contributed by atoms with E-state index in [1.54, 1.807) is 18.3 Å². The minimum Gasteiger partial charge on any atom is -0.354 e. The molecule has 2 heterocycles. The third kappa shape index (κ3) is 3.28. The molecule has 1 aliphatic carbocycles. The Kier molecular flexibility index (Phi) is 4.57. The minimum absolute atomic E-state index is 0.133. The second-order valence-electron chi connectivity index (χ2n) is 7.01.